The van der Waals surface area contributed by atoms with Crippen LogP contribution in [-0.2, 0) is 19.1 Å². The number of aliphatic hydroxyl groups is 1. The lowest BCUT2D eigenvalue weighted by Crippen LogP contribution is -2.28. The molecule has 5 heteroatoms. The van der Waals surface area contributed by atoms with Gasteiger partial charge in [-0.25, -0.2) is 0 Å². The fourth-order valence-corrected chi connectivity index (χ4v) is 7.29. The molecule has 5 nitrogen and oxygen atoms in total. The predicted octanol–water partition coefficient (Wildman–Crippen LogP) is 15.8. The summed E-state index contributed by atoms with van der Waals surface area (Å²) in [5.74, 6) is -0.579. The fourth-order valence-electron chi connectivity index (χ4n) is 7.29. The summed E-state index contributed by atoms with van der Waals surface area (Å²) in [4.78, 5) is 24.3. The first kappa shape index (κ1) is 53.4. The van der Waals surface area contributed by atoms with E-state index in [0.29, 0.717) is 12.8 Å². The summed E-state index contributed by atoms with van der Waals surface area (Å²) in [6, 6.07) is 0. The van der Waals surface area contributed by atoms with Gasteiger partial charge in [-0.05, 0) is 44.9 Å². The van der Waals surface area contributed by atoms with Gasteiger partial charge in [0, 0.05) is 12.8 Å². The van der Waals surface area contributed by atoms with Crippen LogP contribution in [0.5, 0.6) is 0 Å². The number of rotatable bonds is 45. The van der Waals surface area contributed by atoms with Gasteiger partial charge in [0.05, 0.1) is 6.61 Å². The Kier molecular flexibility index (Phi) is 45.4. The molecule has 0 aromatic carbocycles. The molecule has 55 heavy (non-hydrogen) atoms. The lowest BCUT2D eigenvalue weighted by Gasteiger charge is -2.15. The third-order valence-corrected chi connectivity index (χ3v) is 11.0. The van der Waals surface area contributed by atoms with E-state index in [1.807, 2.05) is 0 Å². The van der Waals surface area contributed by atoms with Crippen LogP contribution in [0.1, 0.15) is 264 Å². The molecule has 0 aliphatic heterocycles. The standard InChI is InChI=1S/C50H94O5/c1-3-5-7-9-11-13-15-16-17-18-19-20-21-22-23-24-25-26-27-28-29-30-31-32-33-34-35-37-39-41-43-45-50(53)55-48(46-51)47-54-49(52)44-42-40-38-36-14-12-10-8-6-4-2/h15-16,18-19,48,51H,3-14,17,20-47H2,1-2H3/b16-15-,19-18-. The van der Waals surface area contributed by atoms with Gasteiger partial charge in [-0.1, -0.05) is 231 Å². The second kappa shape index (κ2) is 46.8. The van der Waals surface area contributed by atoms with Gasteiger partial charge in [0.25, 0.3) is 0 Å². The Hall–Kier alpha value is -1.62. The van der Waals surface area contributed by atoms with Crippen molar-refractivity contribution in [3.05, 3.63) is 24.3 Å². The van der Waals surface area contributed by atoms with Gasteiger partial charge >= 0.3 is 11.9 Å². The van der Waals surface area contributed by atoms with Crippen molar-refractivity contribution in [2.75, 3.05) is 13.2 Å². The van der Waals surface area contributed by atoms with Crippen molar-refractivity contribution in [1.82, 2.24) is 0 Å². The molecule has 1 N–H and O–H groups in total. The second-order valence-corrected chi connectivity index (χ2v) is 16.5. The van der Waals surface area contributed by atoms with Crippen LogP contribution in [0.25, 0.3) is 0 Å². The first-order valence-corrected chi connectivity index (χ1v) is 24.4. The smallest absolute Gasteiger partial charge is 0.306 e. The van der Waals surface area contributed by atoms with Crippen molar-refractivity contribution in [2.24, 2.45) is 0 Å². The molecular formula is C50H94O5. The summed E-state index contributed by atoms with van der Waals surface area (Å²) in [6.45, 7) is 4.14. The second-order valence-electron chi connectivity index (χ2n) is 16.5. The summed E-state index contributed by atoms with van der Waals surface area (Å²) in [5, 5.41) is 9.57. The molecule has 0 saturated heterocycles. The average molecular weight is 775 g/mol. The van der Waals surface area contributed by atoms with Gasteiger partial charge in [0.2, 0.25) is 0 Å². The van der Waals surface area contributed by atoms with Gasteiger partial charge in [-0.2, -0.15) is 0 Å². The highest BCUT2D eigenvalue weighted by atomic mass is 16.6. The van der Waals surface area contributed by atoms with E-state index in [4.69, 9.17) is 9.47 Å². The lowest BCUT2D eigenvalue weighted by molar-refractivity contribution is -0.161. The van der Waals surface area contributed by atoms with Crippen molar-refractivity contribution < 1.29 is 24.2 Å². The molecule has 0 bridgehead atoms. The zero-order valence-corrected chi connectivity index (χ0v) is 37.0. The molecule has 1 unspecified atom stereocenters. The van der Waals surface area contributed by atoms with Crippen molar-refractivity contribution in [3.63, 3.8) is 0 Å². The minimum atomic E-state index is -0.764. The average Bonchev–Trinajstić information content (AvgIpc) is 3.19. The molecule has 0 heterocycles. The number of hydrogen-bond donors (Lipinski definition) is 1. The van der Waals surface area contributed by atoms with E-state index in [9.17, 15) is 14.7 Å². The van der Waals surface area contributed by atoms with E-state index in [0.717, 1.165) is 44.9 Å². The van der Waals surface area contributed by atoms with Crippen LogP contribution >= 0.6 is 0 Å². The van der Waals surface area contributed by atoms with E-state index < -0.39 is 6.10 Å². The Morgan fingerprint density at radius 3 is 1.07 bits per heavy atom. The van der Waals surface area contributed by atoms with Crippen LogP contribution < -0.4 is 0 Å². The monoisotopic (exact) mass is 775 g/mol. The zero-order chi connectivity index (χ0) is 40.0. The number of ether oxygens (including phenoxy) is 2. The Balaban J connectivity index is 3.39. The molecule has 0 fully saturated rings. The van der Waals surface area contributed by atoms with Crippen LogP contribution in [0.3, 0.4) is 0 Å². The van der Waals surface area contributed by atoms with Crippen molar-refractivity contribution in [3.8, 4) is 0 Å². The number of allylic oxidation sites excluding steroid dienone is 4. The van der Waals surface area contributed by atoms with Crippen LogP contribution in [0, 0.1) is 0 Å². The predicted molar refractivity (Wildman–Crippen MR) is 238 cm³/mol. The third-order valence-electron chi connectivity index (χ3n) is 11.0. The molecule has 0 aliphatic rings. The van der Waals surface area contributed by atoms with Gasteiger partial charge in [0.15, 0.2) is 6.10 Å². The van der Waals surface area contributed by atoms with Gasteiger partial charge < -0.3 is 14.6 Å². The van der Waals surface area contributed by atoms with Crippen molar-refractivity contribution in [2.45, 2.75) is 270 Å². The summed E-state index contributed by atoms with van der Waals surface area (Å²) in [5.41, 5.74) is 0. The van der Waals surface area contributed by atoms with Crippen LogP contribution in [0.2, 0.25) is 0 Å². The molecule has 1 atom stereocenters. The minimum Gasteiger partial charge on any atom is -0.462 e. The van der Waals surface area contributed by atoms with E-state index in [1.165, 1.54) is 193 Å². The number of aliphatic hydroxyl groups excluding tert-OH is 1. The van der Waals surface area contributed by atoms with Crippen LogP contribution in [0.4, 0.5) is 0 Å². The van der Waals surface area contributed by atoms with E-state index in [1.54, 1.807) is 0 Å². The molecule has 0 amide bonds. The van der Waals surface area contributed by atoms with Gasteiger partial charge in [-0.3, -0.25) is 9.59 Å². The molecule has 0 radical (unpaired) electrons. The molecule has 0 saturated carbocycles. The Bertz CT molecular complexity index is 836. The Labute approximate surface area is 343 Å². The van der Waals surface area contributed by atoms with Crippen LogP contribution in [-0.4, -0.2) is 36.4 Å². The number of hydrogen-bond acceptors (Lipinski definition) is 5. The minimum absolute atomic E-state index is 0.0597. The Morgan fingerprint density at radius 1 is 0.418 bits per heavy atom. The maximum atomic E-state index is 12.2. The molecule has 0 spiro atoms. The molecule has 324 valence electrons. The van der Waals surface area contributed by atoms with Crippen LogP contribution in [0.15, 0.2) is 24.3 Å². The van der Waals surface area contributed by atoms with E-state index in [2.05, 4.69) is 38.2 Å². The number of esters is 2. The summed E-state index contributed by atoms with van der Waals surface area (Å²) >= 11 is 0. The van der Waals surface area contributed by atoms with Crippen molar-refractivity contribution in [1.29, 1.82) is 0 Å². The Morgan fingerprint density at radius 2 is 0.727 bits per heavy atom. The quantitative estimate of drug-likeness (QED) is 0.0379. The SMILES string of the molecule is CCCCCCC/C=C\C/C=C\CCCCCCCCCCCCCCCCCCCCCC(=O)OC(CO)COC(=O)CCCCCCCCCCCC. The van der Waals surface area contributed by atoms with Crippen molar-refractivity contribution >= 4 is 11.9 Å². The highest BCUT2D eigenvalue weighted by Gasteiger charge is 2.16. The first-order chi connectivity index (χ1) is 27.1. The number of unbranched alkanes of at least 4 members (excludes halogenated alkanes) is 33. The molecular weight excluding hydrogens is 681 g/mol. The summed E-state index contributed by atoms with van der Waals surface area (Å²) < 4.78 is 10.6. The molecule has 0 aliphatic carbocycles. The van der Waals surface area contributed by atoms with E-state index >= 15 is 0 Å². The molecule has 0 rings (SSSR count). The maximum absolute atomic E-state index is 12.2. The first-order valence-electron chi connectivity index (χ1n) is 24.4. The molecule has 0 aromatic rings. The maximum Gasteiger partial charge on any atom is 0.306 e. The zero-order valence-electron chi connectivity index (χ0n) is 37.0. The van der Waals surface area contributed by atoms with Gasteiger partial charge in [0.1, 0.15) is 6.61 Å². The topological polar surface area (TPSA) is 72.8 Å². The molecule has 0 aromatic heterocycles. The number of carbonyl (C=O) groups excluding carboxylic acids is 2. The van der Waals surface area contributed by atoms with E-state index in [-0.39, 0.29) is 25.2 Å². The number of carbonyl (C=O) groups is 2. The lowest BCUT2D eigenvalue weighted by atomic mass is 10.0. The fraction of sp³-hybridized carbons (Fsp3) is 0.880. The summed E-state index contributed by atoms with van der Waals surface area (Å²) in [7, 11) is 0. The highest BCUT2D eigenvalue weighted by Crippen LogP contribution is 2.16. The third kappa shape index (κ3) is 45.0. The normalized spacial score (nSPS) is 12.3. The van der Waals surface area contributed by atoms with Gasteiger partial charge in [-0.15, -0.1) is 0 Å². The largest absolute Gasteiger partial charge is 0.462 e. The summed E-state index contributed by atoms with van der Waals surface area (Å²) in [6.07, 6.45) is 57.1. The highest BCUT2D eigenvalue weighted by molar-refractivity contribution is 5.70.